The summed E-state index contributed by atoms with van der Waals surface area (Å²) < 4.78 is 1.87. The first kappa shape index (κ1) is 17.1. The molecule has 138 valence electrons. The van der Waals surface area contributed by atoms with E-state index in [1.165, 1.54) is 12.8 Å². The molecule has 1 N–H and O–H groups in total. The van der Waals surface area contributed by atoms with Crippen molar-refractivity contribution in [3.8, 4) is 0 Å². The van der Waals surface area contributed by atoms with E-state index in [0.717, 1.165) is 35.5 Å². The van der Waals surface area contributed by atoms with E-state index in [2.05, 4.69) is 10.3 Å². The summed E-state index contributed by atoms with van der Waals surface area (Å²) in [6, 6.07) is 6.20. The number of benzene rings is 1. The first-order valence-corrected chi connectivity index (χ1v) is 9.48. The van der Waals surface area contributed by atoms with Crippen molar-refractivity contribution in [2.45, 2.75) is 45.7 Å². The van der Waals surface area contributed by atoms with Gasteiger partial charge >= 0.3 is 0 Å². The molecule has 0 spiro atoms. The van der Waals surface area contributed by atoms with Crippen LogP contribution in [0.3, 0.4) is 0 Å². The molecule has 4 rings (SSSR count). The number of aromatic nitrogens is 2. The topological polar surface area (TPSA) is 67.2 Å². The van der Waals surface area contributed by atoms with E-state index in [1.54, 1.807) is 13.3 Å². The Hall–Kier alpha value is -2.37. The third kappa shape index (κ3) is 3.32. The standard InChI is InChI=1S/C20H26N4O2/c1-13-3-6-18-17(9-13)22-12-23(18)11-20(26)21-10-19-16(15-4-5-15)7-8-24(19)14(2)25/h3,6,9,12,15-16,19H,4-5,7-8,10-11H2,1-2H3,(H,21,26). The molecule has 0 radical (unpaired) electrons. The van der Waals surface area contributed by atoms with Crippen molar-refractivity contribution in [3.05, 3.63) is 30.1 Å². The van der Waals surface area contributed by atoms with Gasteiger partial charge in [-0.25, -0.2) is 4.98 Å². The summed E-state index contributed by atoms with van der Waals surface area (Å²) >= 11 is 0. The predicted molar refractivity (Wildman–Crippen MR) is 99.5 cm³/mol. The second-order valence-corrected chi connectivity index (χ2v) is 7.74. The highest BCUT2D eigenvalue weighted by molar-refractivity contribution is 5.81. The molecule has 2 unspecified atom stereocenters. The van der Waals surface area contributed by atoms with Crippen LogP contribution >= 0.6 is 0 Å². The van der Waals surface area contributed by atoms with Crippen LogP contribution in [0.4, 0.5) is 0 Å². The van der Waals surface area contributed by atoms with Crippen LogP contribution in [0, 0.1) is 18.8 Å². The van der Waals surface area contributed by atoms with Gasteiger partial charge in [-0.1, -0.05) is 6.07 Å². The summed E-state index contributed by atoms with van der Waals surface area (Å²) in [6.07, 6.45) is 5.31. The van der Waals surface area contributed by atoms with Crippen molar-refractivity contribution in [1.82, 2.24) is 19.8 Å². The first-order valence-electron chi connectivity index (χ1n) is 9.48. The van der Waals surface area contributed by atoms with Gasteiger partial charge in [0, 0.05) is 20.0 Å². The number of nitrogens with zero attached hydrogens (tertiary/aromatic N) is 3. The molecule has 1 aromatic heterocycles. The normalized spacial score (nSPS) is 22.8. The van der Waals surface area contributed by atoms with Gasteiger partial charge in [0.1, 0.15) is 6.54 Å². The summed E-state index contributed by atoms with van der Waals surface area (Å²) in [7, 11) is 0. The van der Waals surface area contributed by atoms with Gasteiger partial charge in [-0.3, -0.25) is 9.59 Å². The van der Waals surface area contributed by atoms with Crippen molar-refractivity contribution < 1.29 is 9.59 Å². The molecule has 1 saturated carbocycles. The highest BCUT2D eigenvalue weighted by Crippen LogP contribution is 2.44. The van der Waals surface area contributed by atoms with Gasteiger partial charge < -0.3 is 14.8 Å². The Balaban J connectivity index is 1.40. The lowest BCUT2D eigenvalue weighted by Crippen LogP contribution is -2.45. The molecule has 1 aliphatic heterocycles. The fourth-order valence-corrected chi connectivity index (χ4v) is 4.33. The number of carbonyl (C=O) groups is 2. The lowest BCUT2D eigenvalue weighted by molar-refractivity contribution is -0.131. The van der Waals surface area contributed by atoms with E-state index in [9.17, 15) is 9.59 Å². The lowest BCUT2D eigenvalue weighted by Gasteiger charge is -2.27. The smallest absolute Gasteiger partial charge is 0.240 e. The van der Waals surface area contributed by atoms with E-state index in [4.69, 9.17) is 0 Å². The maximum Gasteiger partial charge on any atom is 0.240 e. The third-order valence-corrected chi connectivity index (χ3v) is 5.83. The third-order valence-electron chi connectivity index (χ3n) is 5.83. The SMILES string of the molecule is CC(=O)N1CCC(C2CC2)C1CNC(=O)Cn1cnc2cc(C)ccc21. The van der Waals surface area contributed by atoms with Gasteiger partial charge in [0.15, 0.2) is 0 Å². The molecule has 2 amide bonds. The Kier molecular flexibility index (Phi) is 4.42. The number of imidazole rings is 1. The van der Waals surface area contributed by atoms with Gasteiger partial charge in [0.25, 0.3) is 0 Å². The van der Waals surface area contributed by atoms with Gasteiger partial charge in [-0.15, -0.1) is 0 Å². The van der Waals surface area contributed by atoms with Crippen molar-refractivity contribution in [3.63, 3.8) is 0 Å². The maximum atomic E-state index is 12.5. The Morgan fingerprint density at radius 3 is 2.81 bits per heavy atom. The molecule has 6 nitrogen and oxygen atoms in total. The minimum Gasteiger partial charge on any atom is -0.352 e. The van der Waals surface area contributed by atoms with Crippen LogP contribution in [-0.2, 0) is 16.1 Å². The molecular formula is C20H26N4O2. The molecular weight excluding hydrogens is 328 g/mol. The lowest BCUT2D eigenvalue weighted by atomic mass is 9.95. The molecule has 2 heterocycles. The predicted octanol–water partition coefficient (Wildman–Crippen LogP) is 2.11. The Labute approximate surface area is 153 Å². The average molecular weight is 354 g/mol. The summed E-state index contributed by atoms with van der Waals surface area (Å²) in [6.45, 7) is 5.28. The molecule has 6 heteroatoms. The van der Waals surface area contributed by atoms with Crippen LogP contribution in [0.5, 0.6) is 0 Å². The van der Waals surface area contributed by atoms with Gasteiger partial charge in [-0.05, 0) is 55.7 Å². The fourth-order valence-electron chi connectivity index (χ4n) is 4.33. The van der Waals surface area contributed by atoms with Gasteiger partial charge in [-0.2, -0.15) is 0 Å². The van der Waals surface area contributed by atoms with Crippen LogP contribution in [0.15, 0.2) is 24.5 Å². The molecule has 1 aliphatic carbocycles. The molecule has 0 bridgehead atoms. The zero-order valence-electron chi connectivity index (χ0n) is 15.4. The molecule has 2 aliphatic rings. The van der Waals surface area contributed by atoms with Crippen LogP contribution in [0.2, 0.25) is 0 Å². The Morgan fingerprint density at radius 1 is 1.27 bits per heavy atom. The monoisotopic (exact) mass is 354 g/mol. The molecule has 2 aromatic rings. The average Bonchev–Trinajstić information content (AvgIpc) is 3.24. The molecule has 1 saturated heterocycles. The van der Waals surface area contributed by atoms with Crippen molar-refractivity contribution >= 4 is 22.8 Å². The van der Waals surface area contributed by atoms with Crippen LogP contribution in [0.25, 0.3) is 11.0 Å². The molecule has 1 aromatic carbocycles. The molecule has 2 fully saturated rings. The first-order chi connectivity index (χ1) is 12.5. The molecule has 2 atom stereocenters. The largest absolute Gasteiger partial charge is 0.352 e. The highest BCUT2D eigenvalue weighted by Gasteiger charge is 2.43. The Bertz CT molecular complexity index is 839. The minimum absolute atomic E-state index is 0.0326. The number of aryl methyl sites for hydroxylation is 1. The zero-order valence-corrected chi connectivity index (χ0v) is 15.4. The van der Waals surface area contributed by atoms with Crippen molar-refractivity contribution in [2.24, 2.45) is 11.8 Å². The van der Waals surface area contributed by atoms with Gasteiger partial charge in [0.05, 0.1) is 23.4 Å². The minimum atomic E-state index is -0.0326. The number of rotatable bonds is 5. The van der Waals surface area contributed by atoms with Crippen LogP contribution < -0.4 is 5.32 Å². The Morgan fingerprint density at radius 2 is 2.08 bits per heavy atom. The number of likely N-dealkylation sites (tertiary alicyclic amines) is 1. The fraction of sp³-hybridized carbons (Fsp3) is 0.550. The van der Waals surface area contributed by atoms with Crippen LogP contribution in [-0.4, -0.2) is 45.4 Å². The summed E-state index contributed by atoms with van der Waals surface area (Å²) in [5, 5.41) is 3.06. The number of amides is 2. The summed E-state index contributed by atoms with van der Waals surface area (Å²) in [5.41, 5.74) is 3.03. The van der Waals surface area contributed by atoms with E-state index in [-0.39, 0.29) is 24.4 Å². The maximum absolute atomic E-state index is 12.5. The van der Waals surface area contributed by atoms with Crippen molar-refractivity contribution in [2.75, 3.05) is 13.1 Å². The van der Waals surface area contributed by atoms with Crippen LogP contribution in [0.1, 0.15) is 31.7 Å². The number of hydrogen-bond acceptors (Lipinski definition) is 3. The number of fused-ring (bicyclic) bond motifs is 1. The van der Waals surface area contributed by atoms with E-state index in [1.807, 2.05) is 34.6 Å². The van der Waals surface area contributed by atoms with E-state index in [0.29, 0.717) is 12.5 Å². The second kappa shape index (κ2) is 6.74. The summed E-state index contributed by atoms with van der Waals surface area (Å²) in [4.78, 5) is 30.7. The zero-order chi connectivity index (χ0) is 18.3. The van der Waals surface area contributed by atoms with Crippen molar-refractivity contribution in [1.29, 1.82) is 0 Å². The van der Waals surface area contributed by atoms with E-state index >= 15 is 0 Å². The second-order valence-electron chi connectivity index (χ2n) is 7.74. The van der Waals surface area contributed by atoms with E-state index < -0.39 is 0 Å². The van der Waals surface area contributed by atoms with Gasteiger partial charge in [0.2, 0.25) is 11.8 Å². The number of nitrogens with one attached hydrogen (secondary N) is 1. The summed E-state index contributed by atoms with van der Waals surface area (Å²) in [5.74, 6) is 1.36. The highest BCUT2D eigenvalue weighted by atomic mass is 16.2. The molecule has 26 heavy (non-hydrogen) atoms. The number of carbonyl (C=O) groups excluding carboxylic acids is 2. The quantitative estimate of drug-likeness (QED) is 0.894. The number of hydrogen-bond donors (Lipinski definition) is 1.